The summed E-state index contributed by atoms with van der Waals surface area (Å²) in [7, 11) is -3.23. The standard InChI is InChI=1S/C14H16NO3P/c1-3-15(4-2)19(16)17-13-10-9-11-7-5-6-8-12(11)14(13)18-19/h5-10H,3-4H2,1-2H3. The lowest BCUT2D eigenvalue weighted by Gasteiger charge is -2.22. The number of nitrogens with zero attached hydrogens (tertiary/aromatic N) is 1. The van der Waals surface area contributed by atoms with E-state index in [2.05, 4.69) is 0 Å². The molecule has 0 aromatic heterocycles. The van der Waals surface area contributed by atoms with Gasteiger partial charge in [0.2, 0.25) is 0 Å². The average molecular weight is 277 g/mol. The normalized spacial score (nSPS) is 21.2. The first kappa shape index (κ1) is 12.5. The van der Waals surface area contributed by atoms with E-state index in [1.807, 2.05) is 50.2 Å². The molecule has 3 rings (SSSR count). The van der Waals surface area contributed by atoms with Gasteiger partial charge < -0.3 is 9.05 Å². The molecule has 4 nitrogen and oxygen atoms in total. The Hall–Kier alpha value is -1.51. The van der Waals surface area contributed by atoms with Gasteiger partial charge in [-0.15, -0.1) is 0 Å². The first-order chi connectivity index (χ1) is 9.18. The van der Waals surface area contributed by atoms with Gasteiger partial charge in [0.05, 0.1) is 0 Å². The lowest BCUT2D eigenvalue weighted by Crippen LogP contribution is -2.23. The summed E-state index contributed by atoms with van der Waals surface area (Å²) in [6.45, 7) is 5.13. The van der Waals surface area contributed by atoms with Crippen LogP contribution in [0.15, 0.2) is 36.4 Å². The second-order valence-electron chi connectivity index (χ2n) is 4.40. The van der Waals surface area contributed by atoms with Crippen LogP contribution in [0.3, 0.4) is 0 Å². The Bertz CT molecular complexity index is 667. The van der Waals surface area contributed by atoms with E-state index in [1.165, 1.54) is 0 Å². The highest BCUT2D eigenvalue weighted by atomic mass is 31.2. The van der Waals surface area contributed by atoms with Crippen LogP contribution >= 0.6 is 7.75 Å². The van der Waals surface area contributed by atoms with Gasteiger partial charge in [-0.1, -0.05) is 44.2 Å². The van der Waals surface area contributed by atoms with Gasteiger partial charge >= 0.3 is 7.75 Å². The van der Waals surface area contributed by atoms with Crippen LogP contribution in [-0.4, -0.2) is 17.8 Å². The van der Waals surface area contributed by atoms with E-state index in [4.69, 9.17) is 9.05 Å². The summed E-state index contributed by atoms with van der Waals surface area (Å²) in [5.41, 5.74) is 0. The molecule has 0 spiro atoms. The molecule has 2 aromatic carbocycles. The molecule has 2 aromatic rings. The highest BCUT2D eigenvalue weighted by Crippen LogP contribution is 2.61. The molecule has 5 heteroatoms. The number of benzene rings is 2. The molecule has 19 heavy (non-hydrogen) atoms. The number of fused-ring (bicyclic) bond motifs is 3. The maximum absolute atomic E-state index is 12.8. The summed E-state index contributed by atoms with van der Waals surface area (Å²) < 4.78 is 25.8. The Kier molecular flexibility index (Phi) is 3.00. The van der Waals surface area contributed by atoms with Crippen LogP contribution in [0.1, 0.15) is 13.8 Å². The maximum Gasteiger partial charge on any atom is 0.515 e. The molecule has 1 heterocycles. The molecular formula is C14H16NO3P. The van der Waals surface area contributed by atoms with E-state index in [1.54, 1.807) is 4.67 Å². The van der Waals surface area contributed by atoms with Crippen LogP contribution in [-0.2, 0) is 4.57 Å². The summed E-state index contributed by atoms with van der Waals surface area (Å²) in [6, 6.07) is 11.6. The summed E-state index contributed by atoms with van der Waals surface area (Å²) in [5.74, 6) is 1.15. The van der Waals surface area contributed by atoms with Crippen LogP contribution in [0.4, 0.5) is 0 Å². The van der Waals surface area contributed by atoms with Gasteiger partial charge in [0.15, 0.2) is 11.5 Å². The van der Waals surface area contributed by atoms with Gasteiger partial charge in [0, 0.05) is 18.5 Å². The molecule has 0 N–H and O–H groups in total. The number of rotatable bonds is 3. The summed E-state index contributed by atoms with van der Waals surface area (Å²) in [6.07, 6.45) is 0. The van der Waals surface area contributed by atoms with E-state index in [9.17, 15) is 4.57 Å². The lowest BCUT2D eigenvalue weighted by atomic mass is 10.1. The van der Waals surface area contributed by atoms with Crippen molar-refractivity contribution in [2.45, 2.75) is 13.8 Å². The van der Waals surface area contributed by atoms with Crippen LogP contribution in [0.25, 0.3) is 10.8 Å². The van der Waals surface area contributed by atoms with Crippen LogP contribution < -0.4 is 9.05 Å². The van der Waals surface area contributed by atoms with Gasteiger partial charge in [-0.2, -0.15) is 4.67 Å². The molecule has 0 fully saturated rings. The molecule has 0 aliphatic carbocycles. The van der Waals surface area contributed by atoms with Gasteiger partial charge in [-0.05, 0) is 11.5 Å². The van der Waals surface area contributed by atoms with Gasteiger partial charge in [-0.25, -0.2) is 4.57 Å². The maximum atomic E-state index is 12.8. The first-order valence-corrected chi connectivity index (χ1v) is 7.94. The van der Waals surface area contributed by atoms with Crippen LogP contribution in [0.5, 0.6) is 11.5 Å². The highest BCUT2D eigenvalue weighted by Gasteiger charge is 2.42. The zero-order valence-electron chi connectivity index (χ0n) is 11.0. The zero-order chi connectivity index (χ0) is 13.5. The predicted molar refractivity (Wildman–Crippen MR) is 75.7 cm³/mol. The second-order valence-corrected chi connectivity index (χ2v) is 6.27. The third-order valence-corrected chi connectivity index (χ3v) is 5.44. The van der Waals surface area contributed by atoms with E-state index < -0.39 is 7.75 Å². The quantitative estimate of drug-likeness (QED) is 0.793. The minimum Gasteiger partial charge on any atom is -0.400 e. The topological polar surface area (TPSA) is 38.8 Å². The fourth-order valence-electron chi connectivity index (χ4n) is 2.33. The van der Waals surface area contributed by atoms with Crippen LogP contribution in [0.2, 0.25) is 0 Å². The van der Waals surface area contributed by atoms with E-state index in [0.717, 1.165) is 10.8 Å². The van der Waals surface area contributed by atoms with Crippen molar-refractivity contribution in [3.63, 3.8) is 0 Å². The van der Waals surface area contributed by atoms with Gasteiger partial charge in [-0.3, -0.25) is 0 Å². The molecule has 0 radical (unpaired) electrons. The van der Waals surface area contributed by atoms with Crippen LogP contribution in [0, 0.1) is 0 Å². The van der Waals surface area contributed by atoms with Crippen molar-refractivity contribution in [1.82, 2.24) is 4.67 Å². The Morgan fingerprint density at radius 1 is 1.05 bits per heavy atom. The molecule has 1 unspecified atom stereocenters. The van der Waals surface area contributed by atoms with Gasteiger partial charge in [0.1, 0.15) is 0 Å². The molecule has 100 valence electrons. The molecule has 0 bridgehead atoms. The van der Waals surface area contributed by atoms with Crippen molar-refractivity contribution in [2.75, 3.05) is 13.1 Å². The van der Waals surface area contributed by atoms with E-state index >= 15 is 0 Å². The average Bonchev–Trinajstić information content (AvgIpc) is 2.78. The number of hydrogen-bond acceptors (Lipinski definition) is 3. The van der Waals surface area contributed by atoms with Crippen molar-refractivity contribution in [3.05, 3.63) is 36.4 Å². The van der Waals surface area contributed by atoms with Crippen molar-refractivity contribution in [1.29, 1.82) is 0 Å². The summed E-state index contributed by atoms with van der Waals surface area (Å²) in [4.78, 5) is 0. The van der Waals surface area contributed by atoms with Crippen molar-refractivity contribution in [3.8, 4) is 11.5 Å². The molecule has 1 aliphatic heterocycles. The predicted octanol–water partition coefficient (Wildman–Crippen LogP) is 4.06. The molecule has 1 atom stereocenters. The van der Waals surface area contributed by atoms with Crippen molar-refractivity contribution < 1.29 is 13.6 Å². The summed E-state index contributed by atoms with van der Waals surface area (Å²) >= 11 is 0. The Morgan fingerprint density at radius 3 is 2.53 bits per heavy atom. The lowest BCUT2D eigenvalue weighted by molar-refractivity contribution is 0.324. The molecule has 1 aliphatic rings. The second kappa shape index (κ2) is 4.55. The Morgan fingerprint density at radius 2 is 1.79 bits per heavy atom. The zero-order valence-corrected chi connectivity index (χ0v) is 11.9. The monoisotopic (exact) mass is 277 g/mol. The van der Waals surface area contributed by atoms with E-state index in [-0.39, 0.29) is 0 Å². The minimum atomic E-state index is -3.23. The molecular weight excluding hydrogens is 261 g/mol. The summed E-state index contributed by atoms with van der Waals surface area (Å²) in [5, 5.41) is 1.99. The number of hydrogen-bond donors (Lipinski definition) is 0. The van der Waals surface area contributed by atoms with Crippen molar-refractivity contribution in [2.24, 2.45) is 0 Å². The van der Waals surface area contributed by atoms with Crippen molar-refractivity contribution >= 4 is 18.5 Å². The fraction of sp³-hybridized carbons (Fsp3) is 0.286. The van der Waals surface area contributed by atoms with E-state index in [0.29, 0.717) is 24.6 Å². The SMILES string of the molecule is CCN(CC)P1(=O)Oc2ccc3ccccc3c2O1. The minimum absolute atomic E-state index is 0.564. The third kappa shape index (κ3) is 1.92. The molecule has 0 amide bonds. The Labute approximate surface area is 112 Å². The highest BCUT2D eigenvalue weighted by molar-refractivity contribution is 7.52. The fourth-order valence-corrected chi connectivity index (χ4v) is 4.11. The van der Waals surface area contributed by atoms with Gasteiger partial charge in [0.25, 0.3) is 0 Å². The largest absolute Gasteiger partial charge is 0.515 e. The smallest absolute Gasteiger partial charge is 0.400 e. The Balaban J connectivity index is 2.09. The molecule has 0 saturated carbocycles. The first-order valence-electron chi connectivity index (χ1n) is 6.44. The third-order valence-electron chi connectivity index (χ3n) is 3.34. The molecule has 0 saturated heterocycles.